The Hall–Kier alpha value is -1.94. The first-order valence-corrected chi connectivity index (χ1v) is 41.0. The second-order valence-electron chi connectivity index (χ2n) is 27.3. The summed E-state index contributed by atoms with van der Waals surface area (Å²) in [7, 11) is -9.90. The summed E-state index contributed by atoms with van der Waals surface area (Å²) in [5.41, 5.74) is 0. The van der Waals surface area contributed by atoms with Crippen molar-refractivity contribution in [2.75, 3.05) is 39.6 Å². The molecule has 0 bridgehead atoms. The lowest BCUT2D eigenvalue weighted by Gasteiger charge is -2.21. The molecule has 0 aromatic heterocycles. The molecule has 0 radical (unpaired) electrons. The van der Waals surface area contributed by atoms with Gasteiger partial charge in [0.2, 0.25) is 0 Å². The standard InChI is InChI=1S/C73H142O17P2/c1-7-9-11-13-15-17-18-19-20-21-22-26-29-32-38-44-50-56-71(76)84-62-68(89-72(77)57-51-45-39-33-30-27-24-23-25-28-31-35-41-47-53-65(3)4)63-87-91(79,80)85-59-67(74)60-86-92(81,82)88-64-69(61-83-70(75)55-49-43-37-16-14-12-10-8-2)90-73(78)58-52-46-40-34-36-42-48-54-66(5)6/h65-69,74H,7-64H2,1-6H3,(H,79,80)(H,81,82)/t67-,68-,69-/m1/s1. The molecule has 0 aromatic rings. The van der Waals surface area contributed by atoms with Crippen LogP contribution in [0.5, 0.6) is 0 Å². The van der Waals surface area contributed by atoms with E-state index in [1.165, 1.54) is 186 Å². The third kappa shape index (κ3) is 66.7. The van der Waals surface area contributed by atoms with E-state index in [4.69, 9.17) is 37.0 Å². The van der Waals surface area contributed by atoms with Gasteiger partial charge in [-0.1, -0.05) is 324 Å². The molecule has 0 aliphatic heterocycles. The maximum Gasteiger partial charge on any atom is 0.472 e. The van der Waals surface area contributed by atoms with Crippen LogP contribution >= 0.6 is 15.6 Å². The highest BCUT2D eigenvalue weighted by Crippen LogP contribution is 2.45. The third-order valence-electron chi connectivity index (χ3n) is 17.0. The third-order valence-corrected chi connectivity index (χ3v) is 18.9. The van der Waals surface area contributed by atoms with Crippen LogP contribution in [0.2, 0.25) is 0 Å². The topological polar surface area (TPSA) is 237 Å². The van der Waals surface area contributed by atoms with Gasteiger partial charge in [0, 0.05) is 25.7 Å². The lowest BCUT2D eigenvalue weighted by molar-refractivity contribution is -0.161. The average Bonchev–Trinajstić information content (AvgIpc) is 2.55. The zero-order valence-electron chi connectivity index (χ0n) is 59.9. The monoisotopic (exact) mass is 1350 g/mol. The number of esters is 4. The normalized spacial score (nSPS) is 14.1. The predicted octanol–water partition coefficient (Wildman–Crippen LogP) is 21.2. The quantitative estimate of drug-likeness (QED) is 0.0222. The first-order chi connectivity index (χ1) is 44.4. The smallest absolute Gasteiger partial charge is 0.462 e. The van der Waals surface area contributed by atoms with Gasteiger partial charge >= 0.3 is 39.5 Å². The molecule has 92 heavy (non-hydrogen) atoms. The van der Waals surface area contributed by atoms with Gasteiger partial charge in [-0.15, -0.1) is 0 Å². The Morgan fingerprint density at radius 2 is 0.500 bits per heavy atom. The van der Waals surface area contributed by atoms with Crippen molar-refractivity contribution in [3.63, 3.8) is 0 Å². The highest BCUT2D eigenvalue weighted by molar-refractivity contribution is 7.47. The van der Waals surface area contributed by atoms with Gasteiger partial charge in [0.1, 0.15) is 19.3 Å². The molecule has 0 aliphatic carbocycles. The van der Waals surface area contributed by atoms with E-state index in [0.717, 1.165) is 102 Å². The Morgan fingerprint density at radius 3 is 0.739 bits per heavy atom. The van der Waals surface area contributed by atoms with Crippen molar-refractivity contribution in [2.45, 2.75) is 394 Å². The molecule has 0 spiro atoms. The summed E-state index contributed by atoms with van der Waals surface area (Å²) in [6.45, 7) is 9.50. The van der Waals surface area contributed by atoms with Gasteiger partial charge in [-0.25, -0.2) is 9.13 Å². The van der Waals surface area contributed by atoms with Crippen molar-refractivity contribution in [3.8, 4) is 0 Å². The van der Waals surface area contributed by atoms with Crippen molar-refractivity contribution < 1.29 is 80.2 Å². The average molecular weight is 1350 g/mol. The van der Waals surface area contributed by atoms with Crippen molar-refractivity contribution >= 4 is 39.5 Å². The van der Waals surface area contributed by atoms with E-state index in [1.54, 1.807) is 0 Å². The Balaban J connectivity index is 5.20. The second kappa shape index (κ2) is 65.0. The highest BCUT2D eigenvalue weighted by atomic mass is 31.2. The molecule has 0 rings (SSSR count). The number of phosphoric acid groups is 2. The van der Waals surface area contributed by atoms with E-state index in [9.17, 15) is 43.2 Å². The van der Waals surface area contributed by atoms with Crippen LogP contribution in [0.3, 0.4) is 0 Å². The molecular formula is C73H142O17P2. The minimum absolute atomic E-state index is 0.103. The SMILES string of the molecule is CCCCCCCCCCCCCCCCCCCC(=O)OC[C@H](COP(=O)(O)OC[C@@H](O)COP(=O)(O)OC[C@@H](COC(=O)CCCCCCCCCC)OC(=O)CCCCCCCCCC(C)C)OC(=O)CCCCCCCCCCCCCCCCC(C)C. The van der Waals surface area contributed by atoms with Crippen molar-refractivity contribution in [2.24, 2.45) is 11.8 Å². The van der Waals surface area contributed by atoms with Gasteiger partial charge < -0.3 is 33.8 Å². The van der Waals surface area contributed by atoms with E-state index in [-0.39, 0.29) is 25.7 Å². The highest BCUT2D eigenvalue weighted by Gasteiger charge is 2.30. The van der Waals surface area contributed by atoms with Crippen LogP contribution in [-0.2, 0) is 65.4 Å². The minimum Gasteiger partial charge on any atom is -0.462 e. The van der Waals surface area contributed by atoms with Gasteiger partial charge in [0.05, 0.1) is 26.4 Å². The number of ether oxygens (including phenoxy) is 4. The van der Waals surface area contributed by atoms with Crippen molar-refractivity contribution in [1.82, 2.24) is 0 Å². The maximum atomic E-state index is 13.1. The molecule has 5 atom stereocenters. The zero-order valence-corrected chi connectivity index (χ0v) is 61.6. The van der Waals surface area contributed by atoms with Gasteiger partial charge in [0.25, 0.3) is 0 Å². The van der Waals surface area contributed by atoms with Crippen molar-refractivity contribution in [1.29, 1.82) is 0 Å². The van der Waals surface area contributed by atoms with Crippen LogP contribution in [0.25, 0.3) is 0 Å². The number of hydrogen-bond acceptors (Lipinski definition) is 15. The number of hydrogen-bond donors (Lipinski definition) is 3. The number of carbonyl (C=O) groups excluding carboxylic acids is 4. The van der Waals surface area contributed by atoms with E-state index in [1.807, 2.05) is 0 Å². The van der Waals surface area contributed by atoms with E-state index in [0.29, 0.717) is 31.6 Å². The first kappa shape index (κ1) is 90.1. The second-order valence-corrected chi connectivity index (χ2v) is 30.2. The predicted molar refractivity (Wildman–Crippen MR) is 372 cm³/mol. The molecule has 0 aliphatic rings. The lowest BCUT2D eigenvalue weighted by atomic mass is 10.0. The van der Waals surface area contributed by atoms with E-state index < -0.39 is 97.5 Å². The fourth-order valence-corrected chi connectivity index (χ4v) is 12.7. The summed E-state index contributed by atoms with van der Waals surface area (Å²) in [5.74, 6) is -0.633. The van der Waals surface area contributed by atoms with Crippen LogP contribution in [0.4, 0.5) is 0 Å². The van der Waals surface area contributed by atoms with Crippen molar-refractivity contribution in [3.05, 3.63) is 0 Å². The molecule has 0 aromatic carbocycles. The van der Waals surface area contributed by atoms with E-state index >= 15 is 0 Å². The van der Waals surface area contributed by atoms with Gasteiger partial charge in [-0.3, -0.25) is 37.3 Å². The Bertz CT molecular complexity index is 1790. The van der Waals surface area contributed by atoms with Crippen LogP contribution in [-0.4, -0.2) is 96.7 Å². The summed E-state index contributed by atoms with van der Waals surface area (Å²) in [4.78, 5) is 72.5. The van der Waals surface area contributed by atoms with Crippen LogP contribution < -0.4 is 0 Å². The Morgan fingerprint density at radius 1 is 0.293 bits per heavy atom. The molecule has 546 valence electrons. The lowest BCUT2D eigenvalue weighted by Crippen LogP contribution is -2.30. The molecular weight excluding hydrogens is 1210 g/mol. The van der Waals surface area contributed by atoms with Crippen LogP contribution in [0.15, 0.2) is 0 Å². The zero-order chi connectivity index (χ0) is 67.9. The molecule has 0 saturated carbocycles. The largest absolute Gasteiger partial charge is 0.472 e. The molecule has 0 saturated heterocycles. The van der Waals surface area contributed by atoms with E-state index in [2.05, 4.69) is 41.5 Å². The Labute approximate surface area is 562 Å². The summed E-state index contributed by atoms with van der Waals surface area (Å²) in [6, 6.07) is 0. The molecule has 19 heteroatoms. The molecule has 0 heterocycles. The summed E-state index contributed by atoms with van der Waals surface area (Å²) < 4.78 is 68.3. The summed E-state index contributed by atoms with van der Waals surface area (Å²) >= 11 is 0. The van der Waals surface area contributed by atoms with Gasteiger partial charge in [0.15, 0.2) is 12.2 Å². The number of carbonyl (C=O) groups is 4. The Kier molecular flexibility index (Phi) is 63.7. The van der Waals surface area contributed by atoms with Crippen LogP contribution in [0.1, 0.15) is 375 Å². The first-order valence-electron chi connectivity index (χ1n) is 38.0. The number of aliphatic hydroxyl groups is 1. The summed E-state index contributed by atoms with van der Waals surface area (Å²) in [6.07, 6.45) is 51.5. The van der Waals surface area contributed by atoms with Gasteiger partial charge in [-0.2, -0.15) is 0 Å². The van der Waals surface area contributed by atoms with Gasteiger partial charge in [-0.05, 0) is 37.5 Å². The number of aliphatic hydroxyl groups excluding tert-OH is 1. The molecule has 2 unspecified atom stereocenters. The minimum atomic E-state index is -4.95. The number of phosphoric ester groups is 2. The molecule has 0 amide bonds. The molecule has 3 N–H and O–H groups in total. The number of rotatable bonds is 72. The maximum absolute atomic E-state index is 13.1. The van der Waals surface area contributed by atoms with Crippen LogP contribution in [0, 0.1) is 11.8 Å². The molecule has 17 nitrogen and oxygen atoms in total. The summed E-state index contributed by atoms with van der Waals surface area (Å²) in [5, 5.41) is 10.6. The number of unbranched alkanes of at least 4 members (excludes halogenated alkanes) is 42. The fraction of sp³-hybridized carbons (Fsp3) is 0.945. The molecule has 0 fully saturated rings. The fourth-order valence-electron chi connectivity index (χ4n) is 11.1.